The summed E-state index contributed by atoms with van der Waals surface area (Å²) in [6, 6.07) is -0.884. The second kappa shape index (κ2) is 40.1. The number of hydrogen-bond donors (Lipinski definition) is 2. The lowest BCUT2D eigenvalue weighted by molar-refractivity contribution is -0.870. The fourth-order valence-corrected chi connectivity index (χ4v) is 7.56. The Morgan fingerprint density at radius 3 is 1.54 bits per heavy atom. The lowest BCUT2D eigenvalue weighted by Gasteiger charge is -2.29. The molecule has 3 atom stereocenters. The minimum absolute atomic E-state index is 0.000507. The van der Waals surface area contributed by atoms with E-state index < -0.39 is 20.0 Å². The van der Waals surface area contributed by atoms with Gasteiger partial charge in [0.05, 0.1) is 39.9 Å². The minimum Gasteiger partial charge on any atom is -0.756 e. The maximum Gasteiger partial charge on any atom is 0.268 e. The number of aliphatic hydroxyl groups is 1. The van der Waals surface area contributed by atoms with Crippen molar-refractivity contribution >= 4 is 13.7 Å². The van der Waals surface area contributed by atoms with Gasteiger partial charge in [-0.25, -0.2) is 0 Å². The first kappa shape index (κ1) is 55.7. The summed E-state index contributed by atoms with van der Waals surface area (Å²) in [5.74, 6) is -0.198. The minimum atomic E-state index is -4.59. The number of hydrogen-bond acceptors (Lipinski definition) is 6. The summed E-state index contributed by atoms with van der Waals surface area (Å²) in [5.41, 5.74) is 0. The van der Waals surface area contributed by atoms with Gasteiger partial charge in [-0.05, 0) is 44.9 Å². The topological polar surface area (TPSA) is 108 Å². The summed E-state index contributed by atoms with van der Waals surface area (Å²) in [5, 5.41) is 13.8. The zero-order valence-electron chi connectivity index (χ0n) is 38.0. The van der Waals surface area contributed by atoms with Crippen LogP contribution >= 0.6 is 7.82 Å². The number of rotatable bonds is 43. The van der Waals surface area contributed by atoms with E-state index in [2.05, 4.69) is 43.5 Å². The average Bonchev–Trinajstić information content (AvgIpc) is 3.16. The summed E-state index contributed by atoms with van der Waals surface area (Å²) in [6.07, 6.45) is 49.0. The average molecular weight is 825 g/mol. The second-order valence-corrected chi connectivity index (χ2v) is 18.8. The Morgan fingerprint density at radius 1 is 0.632 bits per heavy atom. The molecule has 8 nitrogen and oxygen atoms in total. The molecule has 0 aliphatic rings. The third-order valence-electron chi connectivity index (χ3n) is 10.6. The van der Waals surface area contributed by atoms with Crippen LogP contribution in [-0.4, -0.2) is 68.5 Å². The van der Waals surface area contributed by atoms with Crippen molar-refractivity contribution in [1.29, 1.82) is 0 Å². The molecule has 0 spiro atoms. The molecular weight excluding hydrogens is 732 g/mol. The predicted molar refractivity (Wildman–Crippen MR) is 242 cm³/mol. The number of amides is 1. The molecule has 9 heteroatoms. The van der Waals surface area contributed by atoms with Crippen LogP contribution in [0.15, 0.2) is 36.5 Å². The lowest BCUT2D eigenvalue weighted by Crippen LogP contribution is -2.45. The molecule has 0 saturated carbocycles. The van der Waals surface area contributed by atoms with E-state index in [1.165, 1.54) is 141 Å². The number of quaternary nitrogens is 1. The quantitative estimate of drug-likeness (QED) is 0.0274. The number of unbranched alkanes of at least 4 members (excludes halogenated alkanes) is 26. The molecule has 57 heavy (non-hydrogen) atoms. The van der Waals surface area contributed by atoms with Crippen molar-refractivity contribution in [2.24, 2.45) is 0 Å². The molecule has 0 fully saturated rings. The van der Waals surface area contributed by atoms with Gasteiger partial charge in [-0.3, -0.25) is 9.36 Å². The standard InChI is InChI=1S/C48H93N2O6P/c1-6-8-10-12-14-16-18-20-22-23-24-25-26-27-28-30-32-34-36-38-40-42-48(52)49-46(45-56-57(53,54)55-44-43-50(3,4)5)47(51)41-39-37-35-33-31-29-21-19-17-15-13-11-9-7-2/h8,10,14,16,39,41,46-47,51H,6-7,9,11-13,15,17-38,40,42-45H2,1-5H3,(H-,49,52,53,54)/b10-8-,16-14-,41-39+. The van der Waals surface area contributed by atoms with E-state index in [0.717, 1.165) is 51.4 Å². The Balaban J connectivity index is 4.30. The first-order chi connectivity index (χ1) is 27.5. The Morgan fingerprint density at radius 2 is 1.07 bits per heavy atom. The fraction of sp³-hybridized carbons (Fsp3) is 0.854. The van der Waals surface area contributed by atoms with Crippen LogP contribution < -0.4 is 10.2 Å². The molecule has 0 aromatic heterocycles. The van der Waals surface area contributed by atoms with E-state index in [1.54, 1.807) is 6.08 Å². The maximum absolute atomic E-state index is 12.9. The van der Waals surface area contributed by atoms with E-state index >= 15 is 0 Å². The molecule has 0 radical (unpaired) electrons. The van der Waals surface area contributed by atoms with Crippen LogP contribution in [-0.2, 0) is 18.4 Å². The molecular formula is C48H93N2O6P. The highest BCUT2D eigenvalue weighted by atomic mass is 31.2. The zero-order valence-corrected chi connectivity index (χ0v) is 38.9. The van der Waals surface area contributed by atoms with Crippen molar-refractivity contribution in [3.05, 3.63) is 36.5 Å². The predicted octanol–water partition coefficient (Wildman–Crippen LogP) is 12.8. The van der Waals surface area contributed by atoms with Crippen LogP contribution in [0.4, 0.5) is 0 Å². The third-order valence-corrected chi connectivity index (χ3v) is 11.6. The van der Waals surface area contributed by atoms with Crippen molar-refractivity contribution in [2.45, 2.75) is 225 Å². The summed E-state index contributed by atoms with van der Waals surface area (Å²) >= 11 is 0. The number of phosphoric ester groups is 1. The molecule has 2 N–H and O–H groups in total. The second-order valence-electron chi connectivity index (χ2n) is 17.4. The summed E-state index contributed by atoms with van der Waals surface area (Å²) in [6.45, 7) is 4.55. The molecule has 0 aromatic rings. The molecule has 0 aliphatic heterocycles. The highest BCUT2D eigenvalue weighted by Crippen LogP contribution is 2.38. The van der Waals surface area contributed by atoms with Gasteiger partial charge < -0.3 is 28.8 Å². The number of carbonyl (C=O) groups is 1. The van der Waals surface area contributed by atoms with Gasteiger partial charge in [-0.15, -0.1) is 0 Å². The molecule has 336 valence electrons. The number of phosphoric acid groups is 1. The Labute approximate surface area is 353 Å². The van der Waals surface area contributed by atoms with E-state index in [-0.39, 0.29) is 19.1 Å². The van der Waals surface area contributed by atoms with Crippen LogP contribution in [0.5, 0.6) is 0 Å². The first-order valence-electron chi connectivity index (χ1n) is 23.9. The molecule has 1 amide bonds. The van der Waals surface area contributed by atoms with Crippen LogP contribution in [0, 0.1) is 0 Å². The first-order valence-corrected chi connectivity index (χ1v) is 25.3. The Hall–Kier alpha value is -1.28. The largest absolute Gasteiger partial charge is 0.756 e. The van der Waals surface area contributed by atoms with Gasteiger partial charge in [0, 0.05) is 6.42 Å². The van der Waals surface area contributed by atoms with E-state index in [1.807, 2.05) is 27.2 Å². The summed E-state index contributed by atoms with van der Waals surface area (Å²) in [4.78, 5) is 25.3. The highest BCUT2D eigenvalue weighted by Gasteiger charge is 2.23. The van der Waals surface area contributed by atoms with Crippen LogP contribution in [0.1, 0.15) is 213 Å². The van der Waals surface area contributed by atoms with E-state index in [9.17, 15) is 19.4 Å². The smallest absolute Gasteiger partial charge is 0.268 e. The van der Waals surface area contributed by atoms with Gasteiger partial charge in [0.1, 0.15) is 13.2 Å². The molecule has 0 saturated heterocycles. The molecule has 3 unspecified atom stereocenters. The number of nitrogens with zero attached hydrogens (tertiary/aromatic N) is 1. The molecule has 0 aromatic carbocycles. The molecule has 0 bridgehead atoms. The van der Waals surface area contributed by atoms with Crippen molar-refractivity contribution < 1.29 is 32.9 Å². The van der Waals surface area contributed by atoms with Gasteiger partial charge >= 0.3 is 0 Å². The van der Waals surface area contributed by atoms with Gasteiger partial charge in [0.15, 0.2) is 0 Å². The normalized spacial score (nSPS) is 14.6. The maximum atomic E-state index is 12.9. The summed E-state index contributed by atoms with van der Waals surface area (Å²) < 4.78 is 23.2. The lowest BCUT2D eigenvalue weighted by atomic mass is 10.0. The van der Waals surface area contributed by atoms with Crippen molar-refractivity contribution in [3.8, 4) is 0 Å². The van der Waals surface area contributed by atoms with E-state index in [0.29, 0.717) is 17.4 Å². The van der Waals surface area contributed by atoms with Crippen molar-refractivity contribution in [1.82, 2.24) is 5.32 Å². The molecule has 0 aliphatic carbocycles. The van der Waals surface area contributed by atoms with Crippen LogP contribution in [0.2, 0.25) is 0 Å². The fourth-order valence-electron chi connectivity index (χ4n) is 6.84. The number of carbonyl (C=O) groups excluding carboxylic acids is 1. The summed E-state index contributed by atoms with van der Waals surface area (Å²) in [7, 11) is 1.26. The molecule has 0 rings (SSSR count). The van der Waals surface area contributed by atoms with Gasteiger partial charge in [-0.1, -0.05) is 198 Å². The van der Waals surface area contributed by atoms with Crippen molar-refractivity contribution in [3.63, 3.8) is 0 Å². The monoisotopic (exact) mass is 825 g/mol. The van der Waals surface area contributed by atoms with Crippen LogP contribution in [0.25, 0.3) is 0 Å². The highest BCUT2D eigenvalue weighted by molar-refractivity contribution is 7.45. The zero-order chi connectivity index (χ0) is 42.1. The Kier molecular flexibility index (Phi) is 39.2. The molecule has 0 heterocycles. The van der Waals surface area contributed by atoms with Gasteiger partial charge in [0.25, 0.3) is 7.82 Å². The van der Waals surface area contributed by atoms with Gasteiger partial charge in [-0.2, -0.15) is 0 Å². The Bertz CT molecular complexity index is 1030. The van der Waals surface area contributed by atoms with Crippen molar-refractivity contribution in [2.75, 3.05) is 40.9 Å². The number of likely N-dealkylation sites (N-methyl/N-ethyl adjacent to an activating group) is 1. The third kappa shape index (κ3) is 42.6. The number of nitrogens with one attached hydrogen (secondary N) is 1. The number of allylic oxidation sites excluding steroid dienone is 5. The van der Waals surface area contributed by atoms with Gasteiger partial charge in [0.2, 0.25) is 5.91 Å². The van der Waals surface area contributed by atoms with Crippen LogP contribution in [0.3, 0.4) is 0 Å². The SMILES string of the molecule is CC/C=C\C/C=C\CCCCCCCCCCCCCCCCC(=O)NC(COP(=O)([O-])OCC[N+](C)(C)C)C(O)/C=C/CCCCCCCCCCCCCC. The van der Waals surface area contributed by atoms with E-state index in [4.69, 9.17) is 9.05 Å². The number of aliphatic hydroxyl groups excluding tert-OH is 1.